The van der Waals surface area contributed by atoms with Crippen molar-refractivity contribution in [2.45, 2.75) is 25.6 Å². The van der Waals surface area contributed by atoms with Crippen molar-refractivity contribution >= 4 is 29.5 Å². The van der Waals surface area contributed by atoms with Crippen molar-refractivity contribution < 1.29 is 9.90 Å². The quantitative estimate of drug-likeness (QED) is 0.819. The molecule has 0 radical (unpaired) electrons. The van der Waals surface area contributed by atoms with Crippen LogP contribution in [-0.2, 0) is 5.75 Å². The maximum absolute atomic E-state index is 11.2. The van der Waals surface area contributed by atoms with Gasteiger partial charge in [-0.3, -0.25) is 0 Å². The Morgan fingerprint density at radius 1 is 1.47 bits per heavy atom. The molecule has 90 valence electrons. The van der Waals surface area contributed by atoms with Gasteiger partial charge in [-0.2, -0.15) is 12.6 Å². The SMILES string of the molecule is CC(C)n1c(CS)cc2c(C(=O)O)cccc21. The molecule has 1 heterocycles. The number of hydrogen-bond acceptors (Lipinski definition) is 2. The van der Waals surface area contributed by atoms with E-state index in [4.69, 9.17) is 5.11 Å². The lowest BCUT2D eigenvalue weighted by Crippen LogP contribution is -2.04. The molecule has 0 aliphatic rings. The minimum atomic E-state index is -0.887. The summed E-state index contributed by atoms with van der Waals surface area (Å²) in [5.74, 6) is -0.284. The average Bonchev–Trinajstić information content (AvgIpc) is 2.66. The van der Waals surface area contributed by atoms with Gasteiger partial charge in [0.25, 0.3) is 0 Å². The lowest BCUT2D eigenvalue weighted by Gasteiger charge is -2.13. The molecule has 1 aromatic carbocycles. The molecule has 4 heteroatoms. The van der Waals surface area contributed by atoms with Crippen LogP contribution >= 0.6 is 12.6 Å². The van der Waals surface area contributed by atoms with E-state index >= 15 is 0 Å². The summed E-state index contributed by atoms with van der Waals surface area (Å²) in [6, 6.07) is 7.59. The predicted octanol–water partition coefficient (Wildman–Crippen LogP) is 3.35. The van der Waals surface area contributed by atoms with Gasteiger partial charge in [-0.15, -0.1) is 0 Å². The van der Waals surface area contributed by atoms with E-state index < -0.39 is 5.97 Å². The number of thiol groups is 1. The molecule has 0 unspecified atom stereocenters. The van der Waals surface area contributed by atoms with E-state index in [9.17, 15) is 4.79 Å². The van der Waals surface area contributed by atoms with Crippen LogP contribution in [0.25, 0.3) is 10.9 Å². The highest BCUT2D eigenvalue weighted by molar-refractivity contribution is 7.79. The maximum atomic E-state index is 11.2. The predicted molar refractivity (Wildman–Crippen MR) is 72.0 cm³/mol. The van der Waals surface area contributed by atoms with Crippen LogP contribution in [0.1, 0.15) is 35.9 Å². The molecule has 0 saturated carbocycles. The van der Waals surface area contributed by atoms with Gasteiger partial charge < -0.3 is 9.67 Å². The van der Waals surface area contributed by atoms with E-state index in [1.165, 1.54) is 0 Å². The first kappa shape index (κ1) is 12.0. The van der Waals surface area contributed by atoms with E-state index in [-0.39, 0.29) is 0 Å². The molecule has 2 aromatic rings. The largest absolute Gasteiger partial charge is 0.478 e. The third-order valence-electron chi connectivity index (χ3n) is 2.87. The van der Waals surface area contributed by atoms with E-state index in [0.717, 1.165) is 16.6 Å². The summed E-state index contributed by atoms with van der Waals surface area (Å²) in [6.07, 6.45) is 0. The Morgan fingerprint density at radius 2 is 2.18 bits per heavy atom. The molecule has 0 saturated heterocycles. The van der Waals surface area contributed by atoms with Crippen LogP contribution in [0, 0.1) is 0 Å². The highest BCUT2D eigenvalue weighted by Gasteiger charge is 2.15. The summed E-state index contributed by atoms with van der Waals surface area (Å²) in [6.45, 7) is 4.17. The summed E-state index contributed by atoms with van der Waals surface area (Å²) in [5, 5.41) is 9.96. The van der Waals surface area contributed by atoms with Gasteiger partial charge in [0.15, 0.2) is 0 Å². The van der Waals surface area contributed by atoms with Crippen molar-refractivity contribution in [3.8, 4) is 0 Å². The first-order valence-corrected chi connectivity index (χ1v) is 6.16. The second kappa shape index (κ2) is 4.45. The summed E-state index contributed by atoms with van der Waals surface area (Å²) < 4.78 is 2.13. The second-order valence-corrected chi connectivity index (χ2v) is 4.62. The number of benzene rings is 1. The summed E-state index contributed by atoms with van der Waals surface area (Å²) in [4.78, 5) is 11.2. The molecule has 1 N–H and O–H groups in total. The Hall–Kier alpha value is -1.42. The zero-order valence-corrected chi connectivity index (χ0v) is 10.7. The van der Waals surface area contributed by atoms with E-state index in [0.29, 0.717) is 17.4 Å². The lowest BCUT2D eigenvalue weighted by molar-refractivity contribution is 0.0699. The number of carboxylic acids is 1. The van der Waals surface area contributed by atoms with Gasteiger partial charge in [0, 0.05) is 28.4 Å². The van der Waals surface area contributed by atoms with E-state index in [1.54, 1.807) is 12.1 Å². The van der Waals surface area contributed by atoms with Crippen molar-refractivity contribution in [3.63, 3.8) is 0 Å². The molecule has 0 aliphatic heterocycles. The minimum Gasteiger partial charge on any atom is -0.478 e. The summed E-state index contributed by atoms with van der Waals surface area (Å²) in [5.41, 5.74) is 2.36. The number of hydrogen-bond donors (Lipinski definition) is 2. The molecular weight excluding hydrogens is 234 g/mol. The average molecular weight is 249 g/mol. The highest BCUT2D eigenvalue weighted by atomic mass is 32.1. The summed E-state index contributed by atoms with van der Waals surface area (Å²) in [7, 11) is 0. The second-order valence-electron chi connectivity index (χ2n) is 4.30. The molecule has 0 fully saturated rings. The molecular formula is C13H15NO2S. The fraction of sp³-hybridized carbons (Fsp3) is 0.308. The Morgan fingerprint density at radius 3 is 2.71 bits per heavy atom. The molecule has 3 nitrogen and oxygen atoms in total. The molecule has 2 rings (SSSR count). The van der Waals surface area contributed by atoms with Gasteiger partial charge in [0.05, 0.1) is 5.56 Å². The Kier molecular flexibility index (Phi) is 3.15. The normalized spacial score (nSPS) is 11.3. The van der Waals surface area contributed by atoms with Crippen LogP contribution in [-0.4, -0.2) is 15.6 Å². The van der Waals surface area contributed by atoms with Crippen LogP contribution in [0.5, 0.6) is 0 Å². The number of carboxylic acid groups (broad SMARTS) is 1. The Balaban J connectivity index is 2.82. The van der Waals surface area contributed by atoms with Crippen LogP contribution in [0.3, 0.4) is 0 Å². The Labute approximate surface area is 105 Å². The van der Waals surface area contributed by atoms with Crippen molar-refractivity contribution in [2.75, 3.05) is 0 Å². The van der Waals surface area contributed by atoms with Gasteiger partial charge in [-0.25, -0.2) is 4.79 Å². The van der Waals surface area contributed by atoms with E-state index in [1.807, 2.05) is 12.1 Å². The van der Waals surface area contributed by atoms with Crippen molar-refractivity contribution in [2.24, 2.45) is 0 Å². The van der Waals surface area contributed by atoms with Gasteiger partial charge in [-0.1, -0.05) is 6.07 Å². The standard InChI is InChI=1S/C13H15NO2S/c1-8(2)14-9(7-17)6-11-10(13(15)16)4-3-5-12(11)14/h3-6,8,17H,7H2,1-2H3,(H,15,16). The maximum Gasteiger partial charge on any atom is 0.336 e. The molecule has 0 bridgehead atoms. The zero-order valence-electron chi connectivity index (χ0n) is 9.84. The van der Waals surface area contributed by atoms with Crippen LogP contribution < -0.4 is 0 Å². The number of nitrogens with zero attached hydrogens (tertiary/aromatic N) is 1. The van der Waals surface area contributed by atoms with E-state index in [2.05, 4.69) is 31.0 Å². The molecule has 0 aliphatic carbocycles. The first-order chi connectivity index (χ1) is 8.06. The zero-order chi connectivity index (χ0) is 12.6. The van der Waals surface area contributed by atoms with Gasteiger partial charge in [0.1, 0.15) is 0 Å². The highest BCUT2D eigenvalue weighted by Crippen LogP contribution is 2.27. The lowest BCUT2D eigenvalue weighted by atomic mass is 10.1. The Bertz CT molecular complexity index is 572. The number of rotatable bonds is 3. The van der Waals surface area contributed by atoms with Crippen LogP contribution in [0.4, 0.5) is 0 Å². The summed E-state index contributed by atoms with van der Waals surface area (Å²) >= 11 is 4.30. The number of aromatic carboxylic acids is 1. The van der Waals surface area contributed by atoms with Gasteiger partial charge in [0.2, 0.25) is 0 Å². The van der Waals surface area contributed by atoms with Crippen LogP contribution in [0.15, 0.2) is 24.3 Å². The third-order valence-corrected chi connectivity index (χ3v) is 3.20. The minimum absolute atomic E-state index is 0.290. The first-order valence-electron chi connectivity index (χ1n) is 5.53. The topological polar surface area (TPSA) is 42.2 Å². The fourth-order valence-electron chi connectivity index (χ4n) is 2.22. The number of fused-ring (bicyclic) bond motifs is 1. The monoisotopic (exact) mass is 249 g/mol. The van der Waals surface area contributed by atoms with Gasteiger partial charge >= 0.3 is 5.97 Å². The number of carbonyl (C=O) groups is 1. The fourth-order valence-corrected chi connectivity index (χ4v) is 2.47. The molecule has 0 spiro atoms. The molecule has 17 heavy (non-hydrogen) atoms. The van der Waals surface area contributed by atoms with Crippen molar-refractivity contribution in [1.82, 2.24) is 4.57 Å². The molecule has 0 amide bonds. The third kappa shape index (κ3) is 1.93. The smallest absolute Gasteiger partial charge is 0.336 e. The van der Waals surface area contributed by atoms with Crippen molar-refractivity contribution in [3.05, 3.63) is 35.5 Å². The molecule has 0 atom stereocenters. The van der Waals surface area contributed by atoms with Crippen LogP contribution in [0.2, 0.25) is 0 Å². The van der Waals surface area contributed by atoms with Gasteiger partial charge in [-0.05, 0) is 32.0 Å². The number of aromatic nitrogens is 1. The molecule has 1 aromatic heterocycles. The van der Waals surface area contributed by atoms with Crippen molar-refractivity contribution in [1.29, 1.82) is 0 Å².